The van der Waals surface area contributed by atoms with Crippen molar-refractivity contribution in [2.75, 3.05) is 11.4 Å². The summed E-state index contributed by atoms with van der Waals surface area (Å²) < 4.78 is 0. The molecule has 3 rings (SSSR count). The predicted molar refractivity (Wildman–Crippen MR) is 82.7 cm³/mol. The van der Waals surface area contributed by atoms with Crippen molar-refractivity contribution in [2.24, 2.45) is 5.73 Å². The summed E-state index contributed by atoms with van der Waals surface area (Å²) in [6.45, 7) is 4.28. The van der Waals surface area contributed by atoms with Crippen molar-refractivity contribution < 1.29 is 0 Å². The van der Waals surface area contributed by atoms with Gasteiger partial charge < -0.3 is 10.6 Å². The monoisotopic (exact) mass is 272 g/mol. The summed E-state index contributed by atoms with van der Waals surface area (Å²) in [4.78, 5) is 4.01. The molecule has 0 saturated carbocycles. The molecule has 0 bridgehead atoms. The van der Waals surface area contributed by atoms with Crippen molar-refractivity contribution in [3.05, 3.63) is 51.7 Å². The zero-order valence-electron chi connectivity index (χ0n) is 11.3. The van der Waals surface area contributed by atoms with E-state index in [2.05, 4.69) is 47.5 Å². The van der Waals surface area contributed by atoms with Gasteiger partial charge in [0.05, 0.1) is 0 Å². The number of anilines is 1. The lowest BCUT2D eigenvalue weighted by Crippen LogP contribution is -2.29. The van der Waals surface area contributed by atoms with E-state index in [1.165, 1.54) is 23.2 Å². The fourth-order valence-corrected chi connectivity index (χ4v) is 3.53. The number of nitrogens with two attached hydrogens (primary N) is 1. The van der Waals surface area contributed by atoms with Crippen LogP contribution in [0.15, 0.2) is 35.7 Å². The van der Waals surface area contributed by atoms with Crippen molar-refractivity contribution in [3.63, 3.8) is 0 Å². The highest BCUT2D eigenvalue weighted by molar-refractivity contribution is 7.10. The Morgan fingerprint density at radius 3 is 2.79 bits per heavy atom. The maximum absolute atomic E-state index is 6.06. The lowest BCUT2D eigenvalue weighted by Gasteiger charge is -2.29. The van der Waals surface area contributed by atoms with Crippen LogP contribution in [0.25, 0.3) is 0 Å². The lowest BCUT2D eigenvalue weighted by atomic mass is 10.0. The average molecular weight is 272 g/mol. The zero-order valence-corrected chi connectivity index (χ0v) is 12.1. The van der Waals surface area contributed by atoms with Gasteiger partial charge in [0, 0.05) is 29.7 Å². The molecular formula is C16H20N2S. The van der Waals surface area contributed by atoms with Gasteiger partial charge in [-0.15, -0.1) is 11.3 Å². The molecule has 100 valence electrons. The number of rotatable bonds is 3. The third-order valence-electron chi connectivity index (χ3n) is 3.93. The van der Waals surface area contributed by atoms with Crippen LogP contribution in [-0.4, -0.2) is 6.54 Å². The van der Waals surface area contributed by atoms with Crippen molar-refractivity contribution in [3.8, 4) is 0 Å². The first-order valence-electron chi connectivity index (χ1n) is 6.93. The Hall–Kier alpha value is -1.32. The van der Waals surface area contributed by atoms with Gasteiger partial charge in [-0.1, -0.05) is 19.1 Å². The Morgan fingerprint density at radius 2 is 2.05 bits per heavy atom. The highest BCUT2D eigenvalue weighted by atomic mass is 32.1. The Bertz CT molecular complexity index is 544. The number of nitrogens with zero attached hydrogens (tertiary/aromatic N) is 1. The highest BCUT2D eigenvalue weighted by Crippen LogP contribution is 2.28. The highest BCUT2D eigenvalue weighted by Gasteiger charge is 2.17. The van der Waals surface area contributed by atoms with Crippen molar-refractivity contribution in [1.82, 2.24) is 0 Å². The summed E-state index contributed by atoms with van der Waals surface area (Å²) in [5.41, 5.74) is 10.1. The number of hydrogen-bond acceptors (Lipinski definition) is 3. The number of benzene rings is 1. The van der Waals surface area contributed by atoms with E-state index in [4.69, 9.17) is 5.73 Å². The second-order valence-corrected chi connectivity index (χ2v) is 6.15. The first kappa shape index (κ1) is 12.7. The number of fused-ring (bicyclic) bond motifs is 1. The molecule has 3 heteroatoms. The third-order valence-corrected chi connectivity index (χ3v) is 4.96. The van der Waals surface area contributed by atoms with E-state index in [-0.39, 0.29) is 6.04 Å². The van der Waals surface area contributed by atoms with E-state index in [0.717, 1.165) is 19.5 Å². The van der Waals surface area contributed by atoms with Gasteiger partial charge in [-0.3, -0.25) is 0 Å². The Labute approximate surface area is 118 Å². The molecule has 19 heavy (non-hydrogen) atoms. The molecule has 0 aliphatic carbocycles. The molecule has 2 N–H and O–H groups in total. The maximum atomic E-state index is 6.06. The Balaban J connectivity index is 1.77. The summed E-state index contributed by atoms with van der Waals surface area (Å²) in [6, 6.07) is 11.2. The Kier molecular flexibility index (Phi) is 3.58. The van der Waals surface area contributed by atoms with Crippen LogP contribution in [0.1, 0.15) is 35.4 Å². The molecule has 0 radical (unpaired) electrons. The molecule has 1 aliphatic rings. The molecule has 2 nitrogen and oxygen atoms in total. The van der Waals surface area contributed by atoms with Gasteiger partial charge in [0.1, 0.15) is 0 Å². The van der Waals surface area contributed by atoms with Gasteiger partial charge in [-0.25, -0.2) is 0 Å². The van der Waals surface area contributed by atoms with E-state index in [1.54, 1.807) is 4.88 Å². The van der Waals surface area contributed by atoms with E-state index >= 15 is 0 Å². The largest absolute Gasteiger partial charge is 0.367 e. The standard InChI is InChI=1S/C16H20N2S/c1-2-15(17)12-3-5-14(6-4-12)18-9-7-16-13(11-18)8-10-19-16/h3-6,8,10,15H,2,7,9,11,17H2,1H3/t15-/m1/s1. The molecule has 1 aliphatic heterocycles. The molecule has 1 atom stereocenters. The second-order valence-electron chi connectivity index (χ2n) is 5.15. The molecule has 0 unspecified atom stereocenters. The first-order valence-corrected chi connectivity index (χ1v) is 7.81. The Morgan fingerprint density at radius 1 is 1.26 bits per heavy atom. The van der Waals surface area contributed by atoms with Crippen LogP contribution >= 0.6 is 11.3 Å². The SMILES string of the molecule is CC[C@@H](N)c1ccc(N2CCc3sccc3C2)cc1. The summed E-state index contributed by atoms with van der Waals surface area (Å²) in [5.74, 6) is 0. The topological polar surface area (TPSA) is 29.3 Å². The quantitative estimate of drug-likeness (QED) is 0.922. The van der Waals surface area contributed by atoms with Crippen LogP contribution in [0.3, 0.4) is 0 Å². The molecule has 0 amide bonds. The van der Waals surface area contributed by atoms with Crippen LogP contribution in [-0.2, 0) is 13.0 Å². The van der Waals surface area contributed by atoms with Gasteiger partial charge in [0.25, 0.3) is 0 Å². The van der Waals surface area contributed by atoms with Crippen LogP contribution in [0.5, 0.6) is 0 Å². The first-order chi connectivity index (χ1) is 9.28. The van der Waals surface area contributed by atoms with Crippen LogP contribution in [0.4, 0.5) is 5.69 Å². The maximum Gasteiger partial charge on any atom is 0.0440 e. The fourth-order valence-electron chi connectivity index (χ4n) is 2.64. The molecular weight excluding hydrogens is 252 g/mol. The van der Waals surface area contributed by atoms with Gasteiger partial charge >= 0.3 is 0 Å². The van der Waals surface area contributed by atoms with Crippen molar-refractivity contribution in [2.45, 2.75) is 32.4 Å². The van der Waals surface area contributed by atoms with Crippen LogP contribution in [0.2, 0.25) is 0 Å². The third kappa shape index (κ3) is 2.53. The van der Waals surface area contributed by atoms with Crippen molar-refractivity contribution in [1.29, 1.82) is 0 Å². The van der Waals surface area contributed by atoms with Gasteiger partial charge in [-0.2, -0.15) is 0 Å². The average Bonchev–Trinajstić information content (AvgIpc) is 2.94. The zero-order chi connectivity index (χ0) is 13.2. The number of thiophene rings is 1. The molecule has 0 fully saturated rings. The van der Waals surface area contributed by atoms with Crippen LogP contribution in [0, 0.1) is 0 Å². The lowest BCUT2D eigenvalue weighted by molar-refractivity contribution is 0.697. The van der Waals surface area contributed by atoms with E-state index in [0.29, 0.717) is 0 Å². The van der Waals surface area contributed by atoms with Crippen LogP contribution < -0.4 is 10.6 Å². The summed E-state index contributed by atoms with van der Waals surface area (Å²) in [6.07, 6.45) is 2.16. The minimum atomic E-state index is 0.166. The predicted octanol–water partition coefficient (Wildman–Crippen LogP) is 3.72. The molecule has 2 heterocycles. The minimum absolute atomic E-state index is 0.166. The molecule has 1 aromatic carbocycles. The number of hydrogen-bond donors (Lipinski definition) is 1. The van der Waals surface area contributed by atoms with Gasteiger partial charge in [0.2, 0.25) is 0 Å². The smallest absolute Gasteiger partial charge is 0.0440 e. The van der Waals surface area contributed by atoms with Gasteiger partial charge in [0.15, 0.2) is 0 Å². The second kappa shape index (κ2) is 5.35. The van der Waals surface area contributed by atoms with E-state index in [9.17, 15) is 0 Å². The van der Waals surface area contributed by atoms with Gasteiger partial charge in [-0.05, 0) is 47.5 Å². The van der Waals surface area contributed by atoms with E-state index in [1.807, 2.05) is 11.3 Å². The normalized spacial score (nSPS) is 16.2. The summed E-state index contributed by atoms with van der Waals surface area (Å²) in [5, 5.41) is 2.21. The molecule has 0 saturated heterocycles. The fraction of sp³-hybridized carbons (Fsp3) is 0.375. The summed E-state index contributed by atoms with van der Waals surface area (Å²) >= 11 is 1.89. The van der Waals surface area contributed by atoms with Crippen molar-refractivity contribution >= 4 is 17.0 Å². The minimum Gasteiger partial charge on any atom is -0.367 e. The summed E-state index contributed by atoms with van der Waals surface area (Å²) in [7, 11) is 0. The molecule has 1 aromatic heterocycles. The molecule has 0 spiro atoms. The molecule has 2 aromatic rings. The van der Waals surface area contributed by atoms with E-state index < -0.39 is 0 Å².